The molecule has 3 saturated carbocycles. The molecular weight excluding hydrogens is 509 g/mol. The van der Waals surface area contributed by atoms with E-state index in [1.54, 1.807) is 11.1 Å². The van der Waals surface area contributed by atoms with E-state index in [4.69, 9.17) is 11.6 Å². The molecule has 202 valence electrons. The number of pyridine rings is 1. The average molecular weight is 541 g/mol. The summed E-state index contributed by atoms with van der Waals surface area (Å²) in [5.41, 5.74) is -0.542. The Kier molecular flexibility index (Phi) is 7.42. The van der Waals surface area contributed by atoms with Crippen molar-refractivity contribution in [2.24, 2.45) is 0 Å². The second kappa shape index (κ2) is 10.4. The molecule has 6 rings (SSSR count). The quantitative estimate of drug-likeness (QED) is 0.616. The van der Waals surface area contributed by atoms with Crippen molar-refractivity contribution in [3.05, 3.63) is 34.2 Å². The van der Waals surface area contributed by atoms with Crippen LogP contribution in [-0.4, -0.2) is 67.9 Å². The molecule has 1 N–H and O–H groups in total. The number of imidazole rings is 1. The Morgan fingerprint density at radius 1 is 1.08 bits per heavy atom. The molecule has 0 atom stereocenters. The molecule has 7 nitrogen and oxygen atoms in total. The smallest absolute Gasteiger partial charge is 0.393 e. The van der Waals surface area contributed by atoms with Crippen LogP contribution in [0.25, 0.3) is 5.65 Å². The lowest BCUT2D eigenvalue weighted by atomic mass is 9.91. The molecule has 37 heavy (non-hydrogen) atoms. The normalized spacial score (nSPS) is 24.2. The predicted octanol–water partition coefficient (Wildman–Crippen LogP) is 4.57. The molecule has 0 spiro atoms. The summed E-state index contributed by atoms with van der Waals surface area (Å²) in [4.78, 5) is 32.9. The van der Waals surface area contributed by atoms with Crippen LogP contribution < -0.4 is 0 Å². The van der Waals surface area contributed by atoms with Crippen LogP contribution in [0.1, 0.15) is 80.5 Å². The number of hydrogen-bond acceptors (Lipinski definition) is 4. The van der Waals surface area contributed by atoms with E-state index >= 15 is 0 Å². The van der Waals surface area contributed by atoms with E-state index in [0.717, 1.165) is 31.7 Å². The summed E-state index contributed by atoms with van der Waals surface area (Å²) in [6.45, 7) is 0.657. The van der Waals surface area contributed by atoms with E-state index in [1.807, 2.05) is 0 Å². The molecule has 0 unspecified atom stereocenters. The number of piperazine rings is 1. The summed E-state index contributed by atoms with van der Waals surface area (Å²) in [6, 6.07) is 1.20. The maximum atomic E-state index is 13.7. The number of halogens is 4. The lowest BCUT2D eigenvalue weighted by molar-refractivity contribution is -0.147. The van der Waals surface area contributed by atoms with Gasteiger partial charge in [0.05, 0.1) is 30.3 Å². The summed E-state index contributed by atoms with van der Waals surface area (Å²) >= 11 is 6.39. The van der Waals surface area contributed by atoms with Crippen LogP contribution in [0.4, 0.5) is 13.2 Å². The first kappa shape index (κ1) is 26.3. The molecule has 0 aromatic carbocycles. The van der Waals surface area contributed by atoms with Crippen molar-refractivity contribution >= 4 is 29.1 Å². The highest BCUT2D eigenvalue weighted by Crippen LogP contribution is 2.43. The standard InChI is InChI=1S/C23H26ClF3N4O3.C3H6/c24-21-18(28-22-17(23(25,26)27)9-14(11-31(21)22)13-1-2-13)10-19(33)29-7-8-30(20(34)12-29)15-3-5-16(32)6-4-15;1-2-3-1/h9,11,13,15-16,32H,1-8,10,12H2;1-3H2. The van der Waals surface area contributed by atoms with Crippen LogP contribution in [0.2, 0.25) is 5.15 Å². The van der Waals surface area contributed by atoms with Gasteiger partial charge in [-0.15, -0.1) is 0 Å². The van der Waals surface area contributed by atoms with Crippen molar-refractivity contribution in [2.45, 2.75) is 88.4 Å². The first-order valence-electron chi connectivity index (χ1n) is 13.1. The number of aliphatic hydroxyl groups is 1. The molecule has 4 fully saturated rings. The molecule has 2 amide bonds. The number of hydrogen-bond donors (Lipinski definition) is 1. The number of carbonyl (C=O) groups excluding carboxylic acids is 2. The number of amides is 2. The first-order valence-corrected chi connectivity index (χ1v) is 13.5. The van der Waals surface area contributed by atoms with Gasteiger partial charge in [0.15, 0.2) is 5.65 Å². The Labute approximate surface area is 218 Å². The molecule has 1 aliphatic heterocycles. The predicted molar refractivity (Wildman–Crippen MR) is 131 cm³/mol. The zero-order chi connectivity index (χ0) is 26.3. The highest BCUT2D eigenvalue weighted by Gasteiger charge is 2.38. The molecular formula is C26H32ClF3N4O3. The number of fused-ring (bicyclic) bond motifs is 1. The molecule has 2 aromatic heterocycles. The molecule has 4 aliphatic rings. The largest absolute Gasteiger partial charge is 0.419 e. The van der Waals surface area contributed by atoms with Gasteiger partial charge in [-0.3, -0.25) is 14.0 Å². The van der Waals surface area contributed by atoms with Crippen LogP contribution in [0, 0.1) is 0 Å². The van der Waals surface area contributed by atoms with Crippen LogP contribution in [0.3, 0.4) is 0 Å². The fourth-order valence-electron chi connectivity index (χ4n) is 5.06. The number of aliphatic hydroxyl groups excluding tert-OH is 1. The van der Waals surface area contributed by atoms with E-state index in [1.165, 1.54) is 28.6 Å². The first-order chi connectivity index (χ1) is 17.6. The lowest BCUT2D eigenvalue weighted by Crippen LogP contribution is -2.56. The fraction of sp³-hybridized carbons (Fsp3) is 0.654. The minimum atomic E-state index is -4.60. The maximum absolute atomic E-state index is 13.7. The summed E-state index contributed by atoms with van der Waals surface area (Å²) < 4.78 is 42.3. The highest BCUT2D eigenvalue weighted by atomic mass is 35.5. The van der Waals surface area contributed by atoms with Crippen molar-refractivity contribution in [2.75, 3.05) is 19.6 Å². The van der Waals surface area contributed by atoms with Crippen molar-refractivity contribution < 1.29 is 27.9 Å². The van der Waals surface area contributed by atoms with E-state index in [-0.39, 0.29) is 53.4 Å². The Hall–Kier alpha value is -2.33. The van der Waals surface area contributed by atoms with Gasteiger partial charge in [-0.25, -0.2) is 4.98 Å². The highest BCUT2D eigenvalue weighted by molar-refractivity contribution is 6.30. The van der Waals surface area contributed by atoms with E-state index in [9.17, 15) is 27.9 Å². The number of nitrogens with zero attached hydrogens (tertiary/aromatic N) is 4. The number of rotatable bonds is 4. The second-order valence-corrected chi connectivity index (χ2v) is 11.0. The van der Waals surface area contributed by atoms with Gasteiger partial charge in [-0.05, 0) is 56.1 Å². The molecule has 3 aliphatic carbocycles. The van der Waals surface area contributed by atoms with Crippen molar-refractivity contribution in [1.29, 1.82) is 0 Å². The van der Waals surface area contributed by atoms with E-state index in [2.05, 4.69) is 4.98 Å². The molecule has 2 aromatic rings. The van der Waals surface area contributed by atoms with Crippen LogP contribution in [0.5, 0.6) is 0 Å². The number of aromatic nitrogens is 2. The van der Waals surface area contributed by atoms with Gasteiger partial charge in [0, 0.05) is 25.3 Å². The van der Waals surface area contributed by atoms with E-state index in [0.29, 0.717) is 31.5 Å². The summed E-state index contributed by atoms with van der Waals surface area (Å²) in [6.07, 6.45) is 5.35. The van der Waals surface area contributed by atoms with E-state index < -0.39 is 17.6 Å². The third kappa shape index (κ3) is 6.06. The molecule has 0 bridgehead atoms. The third-order valence-corrected chi connectivity index (χ3v) is 7.89. The summed E-state index contributed by atoms with van der Waals surface area (Å²) in [5, 5.41) is 9.68. The monoisotopic (exact) mass is 540 g/mol. The topological polar surface area (TPSA) is 78.2 Å². The van der Waals surface area contributed by atoms with Gasteiger partial charge in [0.2, 0.25) is 11.8 Å². The number of alkyl halides is 3. The van der Waals surface area contributed by atoms with Gasteiger partial charge in [-0.1, -0.05) is 30.9 Å². The van der Waals surface area contributed by atoms with Crippen molar-refractivity contribution in [1.82, 2.24) is 19.2 Å². The van der Waals surface area contributed by atoms with Gasteiger partial charge >= 0.3 is 6.18 Å². The Balaban J connectivity index is 0.000000872. The zero-order valence-corrected chi connectivity index (χ0v) is 21.4. The van der Waals surface area contributed by atoms with Gasteiger partial charge in [-0.2, -0.15) is 13.2 Å². The van der Waals surface area contributed by atoms with Gasteiger partial charge in [0.1, 0.15) is 5.15 Å². The average Bonchev–Trinajstić information content (AvgIpc) is 3.76. The fourth-order valence-corrected chi connectivity index (χ4v) is 5.29. The summed E-state index contributed by atoms with van der Waals surface area (Å²) in [5.74, 6) is -0.465. The Morgan fingerprint density at radius 2 is 1.76 bits per heavy atom. The molecule has 3 heterocycles. The maximum Gasteiger partial charge on any atom is 0.419 e. The minimum absolute atomic E-state index is 0.0120. The minimum Gasteiger partial charge on any atom is -0.393 e. The number of carbonyl (C=O) groups is 2. The van der Waals surface area contributed by atoms with Crippen molar-refractivity contribution in [3.8, 4) is 0 Å². The Bertz CT molecular complexity index is 1170. The van der Waals surface area contributed by atoms with Gasteiger partial charge in [0.25, 0.3) is 0 Å². The zero-order valence-electron chi connectivity index (χ0n) is 20.6. The molecule has 1 saturated heterocycles. The van der Waals surface area contributed by atoms with Gasteiger partial charge < -0.3 is 14.9 Å². The summed E-state index contributed by atoms with van der Waals surface area (Å²) in [7, 11) is 0. The molecule has 0 radical (unpaired) electrons. The van der Waals surface area contributed by atoms with Crippen LogP contribution in [0.15, 0.2) is 12.3 Å². The van der Waals surface area contributed by atoms with Crippen LogP contribution >= 0.6 is 11.6 Å². The second-order valence-electron chi connectivity index (χ2n) is 10.6. The lowest BCUT2D eigenvalue weighted by Gasteiger charge is -2.41. The Morgan fingerprint density at radius 3 is 2.32 bits per heavy atom. The van der Waals surface area contributed by atoms with Crippen molar-refractivity contribution in [3.63, 3.8) is 0 Å². The molecule has 11 heteroatoms. The third-order valence-electron chi connectivity index (χ3n) is 7.49. The van der Waals surface area contributed by atoms with Crippen LogP contribution in [-0.2, 0) is 22.2 Å². The SMILES string of the molecule is C1CC1.O=C(Cc1nc2c(C(F)(F)F)cc(C3CC3)cn2c1Cl)N1CCN(C2CCC(O)CC2)C(=O)C1.